The van der Waals surface area contributed by atoms with E-state index in [-0.39, 0.29) is 18.2 Å². The number of H-pyrrole nitrogens is 1. The van der Waals surface area contributed by atoms with Gasteiger partial charge in [-0.25, -0.2) is 0 Å². The van der Waals surface area contributed by atoms with Crippen molar-refractivity contribution in [3.05, 3.63) is 102 Å². The van der Waals surface area contributed by atoms with E-state index in [1.165, 1.54) is 0 Å². The molecule has 8 nitrogen and oxygen atoms in total. The maximum Gasteiger partial charge on any atom is 0.242 e. The number of hydrogen-bond donors (Lipinski definition) is 4. The Morgan fingerprint density at radius 2 is 1.65 bits per heavy atom. The van der Waals surface area contributed by atoms with E-state index in [9.17, 15) is 14.4 Å². The van der Waals surface area contributed by atoms with Crippen LogP contribution in [0.25, 0.3) is 10.9 Å². The summed E-state index contributed by atoms with van der Waals surface area (Å²) in [5.74, 6) is -0.998. The molecule has 8 heteroatoms. The molecule has 2 atom stereocenters. The summed E-state index contributed by atoms with van der Waals surface area (Å²) in [4.78, 5) is 45.8. The minimum absolute atomic E-state index is 0.115. The van der Waals surface area contributed by atoms with Crippen LogP contribution in [-0.4, -0.2) is 46.3 Å². The number of benzene rings is 2. The highest BCUT2D eigenvalue weighted by atomic mass is 16.2. The number of aromatic nitrogens is 2. The van der Waals surface area contributed by atoms with Crippen molar-refractivity contribution in [2.75, 3.05) is 6.54 Å². The van der Waals surface area contributed by atoms with Crippen LogP contribution < -0.4 is 16.0 Å². The van der Waals surface area contributed by atoms with Crippen molar-refractivity contribution in [3.8, 4) is 0 Å². The Morgan fingerprint density at radius 3 is 2.43 bits per heavy atom. The zero-order valence-electron chi connectivity index (χ0n) is 20.7. The molecule has 0 aliphatic heterocycles. The molecule has 0 saturated carbocycles. The first-order valence-electron chi connectivity index (χ1n) is 12.3. The zero-order chi connectivity index (χ0) is 26.0. The van der Waals surface area contributed by atoms with Crippen LogP contribution in [0.4, 0.5) is 0 Å². The van der Waals surface area contributed by atoms with Crippen molar-refractivity contribution in [1.82, 2.24) is 25.9 Å². The molecule has 0 aliphatic rings. The van der Waals surface area contributed by atoms with Crippen LogP contribution in [0.1, 0.15) is 23.6 Å². The van der Waals surface area contributed by atoms with Crippen LogP contribution in [0.3, 0.4) is 0 Å². The molecule has 2 heterocycles. The lowest BCUT2D eigenvalue weighted by Gasteiger charge is -2.21. The predicted molar refractivity (Wildman–Crippen MR) is 143 cm³/mol. The third-order valence-electron chi connectivity index (χ3n) is 6.15. The molecule has 0 bridgehead atoms. The number of hydrogen-bond acceptors (Lipinski definition) is 4. The number of rotatable bonds is 11. The molecule has 0 spiro atoms. The molecule has 2 aromatic carbocycles. The first kappa shape index (κ1) is 25.6. The Kier molecular flexibility index (Phi) is 8.65. The van der Waals surface area contributed by atoms with Gasteiger partial charge in [0.25, 0.3) is 0 Å². The number of carbonyl (C=O) groups is 3. The summed E-state index contributed by atoms with van der Waals surface area (Å²) < 4.78 is 0. The first-order valence-corrected chi connectivity index (χ1v) is 12.3. The highest BCUT2D eigenvalue weighted by Gasteiger charge is 2.25. The number of nitrogens with one attached hydrogen (secondary N) is 4. The molecule has 0 saturated heterocycles. The number of pyridine rings is 1. The van der Waals surface area contributed by atoms with Gasteiger partial charge in [-0.1, -0.05) is 54.6 Å². The highest BCUT2D eigenvalue weighted by Crippen LogP contribution is 2.19. The van der Waals surface area contributed by atoms with Crippen LogP contribution in [0.2, 0.25) is 0 Å². The largest absolute Gasteiger partial charge is 0.361 e. The molecule has 0 radical (unpaired) electrons. The molecular weight excluding hydrogens is 466 g/mol. The van der Waals surface area contributed by atoms with Crippen LogP contribution >= 0.6 is 0 Å². The van der Waals surface area contributed by atoms with Gasteiger partial charge >= 0.3 is 0 Å². The number of para-hydroxylation sites is 1. The maximum absolute atomic E-state index is 13.2. The third-order valence-corrected chi connectivity index (χ3v) is 6.15. The number of fused-ring (bicyclic) bond motifs is 1. The van der Waals surface area contributed by atoms with Crippen LogP contribution in [0.15, 0.2) is 85.3 Å². The van der Waals surface area contributed by atoms with Gasteiger partial charge in [0.1, 0.15) is 12.1 Å². The van der Waals surface area contributed by atoms with Gasteiger partial charge in [-0.2, -0.15) is 0 Å². The van der Waals surface area contributed by atoms with Gasteiger partial charge in [0.2, 0.25) is 17.7 Å². The van der Waals surface area contributed by atoms with Crippen molar-refractivity contribution in [1.29, 1.82) is 0 Å². The van der Waals surface area contributed by atoms with E-state index in [2.05, 4.69) is 25.9 Å². The predicted octanol–water partition coefficient (Wildman–Crippen LogP) is 2.70. The minimum atomic E-state index is -0.813. The highest BCUT2D eigenvalue weighted by molar-refractivity contribution is 5.93. The fourth-order valence-electron chi connectivity index (χ4n) is 4.17. The van der Waals surface area contributed by atoms with E-state index in [1.807, 2.05) is 60.8 Å². The molecular formula is C29H31N5O3. The Morgan fingerprint density at radius 1 is 0.892 bits per heavy atom. The summed E-state index contributed by atoms with van der Waals surface area (Å²) in [5.41, 5.74) is 3.75. The van der Waals surface area contributed by atoms with Gasteiger partial charge in [-0.05, 0) is 42.2 Å². The number of amides is 3. The van der Waals surface area contributed by atoms with Gasteiger partial charge in [-0.3, -0.25) is 19.4 Å². The Balaban J connectivity index is 1.40. The monoisotopic (exact) mass is 497 g/mol. The number of aromatic amines is 1. The van der Waals surface area contributed by atoms with E-state index in [4.69, 9.17) is 0 Å². The van der Waals surface area contributed by atoms with Crippen LogP contribution in [-0.2, 0) is 33.6 Å². The molecule has 37 heavy (non-hydrogen) atoms. The maximum atomic E-state index is 13.2. The lowest BCUT2D eigenvalue weighted by molar-refractivity contribution is -0.131. The second kappa shape index (κ2) is 12.5. The zero-order valence-corrected chi connectivity index (χ0v) is 20.7. The average Bonchev–Trinajstić information content (AvgIpc) is 3.32. The van der Waals surface area contributed by atoms with E-state index in [0.717, 1.165) is 27.6 Å². The molecule has 0 unspecified atom stereocenters. The summed E-state index contributed by atoms with van der Waals surface area (Å²) in [6.07, 6.45) is 6.21. The van der Waals surface area contributed by atoms with E-state index < -0.39 is 18.0 Å². The molecule has 4 rings (SSSR count). The normalized spacial score (nSPS) is 12.5. The van der Waals surface area contributed by atoms with Crippen molar-refractivity contribution in [3.63, 3.8) is 0 Å². The minimum Gasteiger partial charge on any atom is -0.361 e. The number of nitrogens with zero attached hydrogens (tertiary/aromatic N) is 1. The second-order valence-electron chi connectivity index (χ2n) is 8.98. The summed E-state index contributed by atoms with van der Waals surface area (Å²) in [6, 6.07) is 19.6. The summed E-state index contributed by atoms with van der Waals surface area (Å²) in [6.45, 7) is 2.05. The van der Waals surface area contributed by atoms with Gasteiger partial charge < -0.3 is 20.9 Å². The van der Waals surface area contributed by atoms with Crippen molar-refractivity contribution in [2.24, 2.45) is 0 Å². The second-order valence-corrected chi connectivity index (χ2v) is 8.98. The lowest BCUT2D eigenvalue weighted by Crippen LogP contribution is -2.54. The fourth-order valence-corrected chi connectivity index (χ4v) is 4.17. The van der Waals surface area contributed by atoms with E-state index in [0.29, 0.717) is 19.4 Å². The molecule has 0 fully saturated rings. The van der Waals surface area contributed by atoms with Crippen LogP contribution in [0, 0.1) is 0 Å². The van der Waals surface area contributed by atoms with Crippen molar-refractivity contribution < 1.29 is 14.4 Å². The van der Waals surface area contributed by atoms with Gasteiger partial charge in [0.05, 0.1) is 6.42 Å². The molecule has 3 amide bonds. The molecule has 4 N–H and O–H groups in total. The molecule has 0 aliphatic carbocycles. The van der Waals surface area contributed by atoms with Crippen molar-refractivity contribution >= 4 is 28.6 Å². The Labute approximate surface area is 215 Å². The number of carbonyl (C=O) groups excluding carboxylic acids is 3. The summed E-state index contributed by atoms with van der Waals surface area (Å²) in [5, 5.41) is 9.50. The molecule has 2 aromatic heterocycles. The summed E-state index contributed by atoms with van der Waals surface area (Å²) >= 11 is 0. The fraction of sp³-hybridized carbons (Fsp3) is 0.241. The Bertz CT molecular complexity index is 1340. The summed E-state index contributed by atoms with van der Waals surface area (Å²) in [7, 11) is 0. The van der Waals surface area contributed by atoms with Crippen LogP contribution in [0.5, 0.6) is 0 Å². The first-order chi connectivity index (χ1) is 18.0. The topological polar surface area (TPSA) is 116 Å². The smallest absolute Gasteiger partial charge is 0.242 e. The molecule has 4 aromatic rings. The van der Waals surface area contributed by atoms with Gasteiger partial charge in [0.15, 0.2) is 0 Å². The lowest BCUT2D eigenvalue weighted by atomic mass is 10.0. The SMILES string of the molecule is C[C@H](NC(=O)Cc1cccnc1)C(=O)N[C@@H](Cc1c[nH]c2ccccc12)C(=O)NCCc1ccccc1. The average molecular weight is 498 g/mol. The van der Waals surface area contributed by atoms with Gasteiger partial charge in [0, 0.05) is 42.5 Å². The molecule has 190 valence electrons. The van der Waals surface area contributed by atoms with Crippen molar-refractivity contribution in [2.45, 2.75) is 38.3 Å². The third kappa shape index (κ3) is 7.27. The van der Waals surface area contributed by atoms with Gasteiger partial charge in [-0.15, -0.1) is 0 Å². The van der Waals surface area contributed by atoms with E-state index in [1.54, 1.807) is 31.5 Å². The van der Waals surface area contributed by atoms with E-state index >= 15 is 0 Å². The quantitative estimate of drug-likeness (QED) is 0.255. The Hall–Kier alpha value is -4.46. The standard InChI is InChI=1S/C29H31N5O3/c1-20(33-27(35)16-22-10-7-14-30-18-22)28(36)34-26(17-23-19-32-25-12-6-5-11-24(23)25)29(37)31-15-13-21-8-3-2-4-9-21/h2-12,14,18-20,26,32H,13,15-17H2,1H3,(H,31,37)(H,33,35)(H,34,36)/t20-,26-/m0/s1.